The first-order valence-electron chi connectivity index (χ1n) is 9.56. The van der Waals surface area contributed by atoms with Crippen molar-refractivity contribution < 1.29 is 30.6 Å². The third kappa shape index (κ3) is 4.23. The summed E-state index contributed by atoms with van der Waals surface area (Å²) in [6.45, 7) is 1.30. The van der Waals surface area contributed by atoms with Gasteiger partial charge in [0.15, 0.2) is 0 Å². The summed E-state index contributed by atoms with van der Waals surface area (Å²) in [7, 11) is -4.90. The molecule has 126 valence electrons. The fourth-order valence-corrected chi connectivity index (χ4v) is 3.45. The molecule has 0 amide bonds. The van der Waals surface area contributed by atoms with Crippen molar-refractivity contribution in [3.63, 3.8) is 0 Å². The molecule has 0 aromatic heterocycles. The fraction of sp³-hybridized carbons (Fsp3) is 0.400. The van der Waals surface area contributed by atoms with Crippen LogP contribution in [0.2, 0.25) is 5.02 Å². The maximum Gasteiger partial charge on any atom is 0.335 e. The van der Waals surface area contributed by atoms with E-state index < -0.39 is 80.7 Å². The lowest BCUT2D eigenvalue weighted by atomic mass is 9.99. The van der Waals surface area contributed by atoms with Crippen molar-refractivity contribution in [3.8, 4) is 0 Å². The molecule has 0 aliphatic heterocycles. The van der Waals surface area contributed by atoms with Crippen LogP contribution in [0.3, 0.4) is 0 Å². The molecule has 1 atom stereocenters. The summed E-state index contributed by atoms with van der Waals surface area (Å²) >= 11 is 5.77. The average molecular weight is 368 g/mol. The molecule has 1 aromatic rings. The normalized spacial score (nSPS) is 27.3. The van der Waals surface area contributed by atoms with Gasteiger partial charge in [0.25, 0.3) is 0 Å². The molecule has 1 unspecified atom stereocenters. The molecule has 0 heterocycles. The number of carbonyl (C=O) groups is 1. The lowest BCUT2D eigenvalue weighted by molar-refractivity contribution is -0.138. The van der Waals surface area contributed by atoms with Gasteiger partial charge in [-0.2, -0.15) is 0 Å². The van der Waals surface area contributed by atoms with Crippen molar-refractivity contribution in [2.24, 2.45) is 0 Å². The van der Waals surface area contributed by atoms with Crippen LogP contribution in [0.15, 0.2) is 29.8 Å². The number of esters is 1. The zero-order valence-corrected chi connectivity index (χ0v) is 13.6. The van der Waals surface area contributed by atoms with Crippen molar-refractivity contribution >= 4 is 33.3 Å². The van der Waals surface area contributed by atoms with E-state index in [1.165, 1.54) is 6.92 Å². The van der Waals surface area contributed by atoms with Crippen molar-refractivity contribution in [2.75, 3.05) is 11.3 Å². The highest BCUT2D eigenvalue weighted by molar-refractivity contribution is 7.93. The van der Waals surface area contributed by atoms with E-state index >= 15 is 0 Å². The van der Waals surface area contributed by atoms with Gasteiger partial charge >= 0.3 is 5.97 Å². The fourth-order valence-electron chi connectivity index (χ4n) is 1.86. The summed E-state index contributed by atoms with van der Waals surface area (Å²) in [4.78, 5) is 12.2. The van der Waals surface area contributed by atoms with Gasteiger partial charge in [0, 0.05) is 2.74 Å². The van der Waals surface area contributed by atoms with Gasteiger partial charge in [0.1, 0.15) is 11.0 Å². The number of allylic oxidation sites excluding steroid dienone is 1. The number of carbonyl (C=O) groups excluding carboxylic acids is 1. The van der Waals surface area contributed by atoms with Crippen LogP contribution in [0.1, 0.15) is 34.4 Å². The van der Waals surface area contributed by atoms with Gasteiger partial charge in [-0.1, -0.05) is 17.7 Å². The number of rotatable bonds is 5. The first-order valence-corrected chi connectivity index (χ1v) is 8.42. The summed E-state index contributed by atoms with van der Waals surface area (Å²) in [5.74, 6) is -2.61. The Kier molecular flexibility index (Phi) is 3.51. The summed E-state index contributed by atoms with van der Waals surface area (Å²) in [5.41, 5.74) is -1.54. The van der Waals surface area contributed by atoms with Gasteiger partial charge in [0.05, 0.1) is 28.4 Å². The van der Waals surface area contributed by atoms with Gasteiger partial charge in [-0.3, -0.25) is 4.72 Å². The Bertz CT molecular complexity index is 974. The number of ether oxygens (including phenoxy) is 1. The van der Waals surface area contributed by atoms with Gasteiger partial charge in [-0.25, -0.2) is 17.6 Å². The predicted molar refractivity (Wildman–Crippen MR) is 86.3 cm³/mol. The standard InChI is InChI=1S/C15H17ClFNO4S/c1-2-22-15(19)11-5-3-4-6-14(11)23(20,21)18-13-8-7-10(17)9-12(13)16/h5,7-9,14,18H,2-4,6H2,1H3/i3D2,7D,8D,9D,14D. The maximum absolute atomic E-state index is 13.7. The molecule has 1 aromatic carbocycles. The van der Waals surface area contributed by atoms with E-state index in [9.17, 15) is 17.6 Å². The number of sulfonamides is 1. The van der Waals surface area contributed by atoms with E-state index in [-0.39, 0.29) is 6.61 Å². The molecule has 0 spiro atoms. The SMILES string of the molecule is [2H]c1c([2H])c(NS(=O)(=O)C2([2H])CCC([2H])([2H])C=C2C(=O)OCC)c(Cl)c([2H])c1F. The monoisotopic (exact) mass is 367 g/mol. The Balaban J connectivity index is 2.62. The van der Waals surface area contributed by atoms with Crippen molar-refractivity contribution in [1.29, 1.82) is 0 Å². The van der Waals surface area contributed by atoms with E-state index in [0.717, 1.165) is 0 Å². The minimum Gasteiger partial charge on any atom is -0.463 e. The number of hydrogen-bond donors (Lipinski definition) is 1. The van der Waals surface area contributed by atoms with Crippen LogP contribution in [0.5, 0.6) is 0 Å². The predicted octanol–water partition coefficient (Wildman–Crippen LogP) is 3.26. The molecule has 1 N–H and O–H groups in total. The van der Waals surface area contributed by atoms with E-state index in [2.05, 4.69) is 0 Å². The van der Waals surface area contributed by atoms with Crippen LogP contribution in [0.4, 0.5) is 10.1 Å². The lowest BCUT2D eigenvalue weighted by Crippen LogP contribution is -2.34. The highest BCUT2D eigenvalue weighted by Gasteiger charge is 2.35. The van der Waals surface area contributed by atoms with Crippen LogP contribution in [0.25, 0.3) is 0 Å². The second-order valence-corrected chi connectivity index (χ2v) is 6.47. The molecule has 0 radical (unpaired) electrons. The van der Waals surface area contributed by atoms with Crippen molar-refractivity contribution in [2.45, 2.75) is 31.4 Å². The summed E-state index contributed by atoms with van der Waals surface area (Å²) in [6.07, 6.45) is -2.38. The second-order valence-electron chi connectivity index (χ2n) is 4.39. The molecule has 0 saturated heterocycles. The number of halogens is 2. The highest BCUT2D eigenvalue weighted by Crippen LogP contribution is 2.30. The zero-order chi connectivity index (χ0) is 22.4. The molecular weight excluding hydrogens is 345 g/mol. The average Bonchev–Trinajstić information content (AvgIpc) is 2.64. The van der Waals surface area contributed by atoms with Gasteiger partial charge < -0.3 is 4.74 Å². The topological polar surface area (TPSA) is 72.5 Å². The van der Waals surface area contributed by atoms with Crippen molar-refractivity contribution in [1.82, 2.24) is 0 Å². The minimum atomic E-state index is -4.90. The first-order chi connectivity index (χ1) is 13.2. The summed E-state index contributed by atoms with van der Waals surface area (Å²) < 4.78 is 93.0. The Labute approximate surface area is 148 Å². The Morgan fingerprint density at radius 1 is 1.65 bits per heavy atom. The third-order valence-electron chi connectivity index (χ3n) is 2.84. The molecule has 2 rings (SSSR count). The molecule has 8 heteroatoms. The smallest absolute Gasteiger partial charge is 0.335 e. The maximum atomic E-state index is 13.7. The second kappa shape index (κ2) is 7.31. The number of benzene rings is 1. The summed E-state index contributed by atoms with van der Waals surface area (Å²) in [5, 5.41) is -3.50. The van der Waals surface area contributed by atoms with Gasteiger partial charge in [-0.15, -0.1) is 0 Å². The number of hydrogen-bond acceptors (Lipinski definition) is 4. The molecule has 1 aliphatic carbocycles. The van der Waals surface area contributed by atoms with Crippen LogP contribution in [-0.4, -0.2) is 26.2 Å². The number of anilines is 1. The summed E-state index contributed by atoms with van der Waals surface area (Å²) in [6, 6.07) is -3.04. The van der Waals surface area contributed by atoms with Crippen LogP contribution in [0, 0.1) is 5.82 Å². The van der Waals surface area contributed by atoms with Crippen LogP contribution < -0.4 is 4.72 Å². The highest BCUT2D eigenvalue weighted by atomic mass is 35.5. The first kappa shape index (κ1) is 11.0. The van der Waals surface area contributed by atoms with Crippen LogP contribution in [-0.2, 0) is 19.6 Å². The zero-order valence-electron chi connectivity index (χ0n) is 18.0. The van der Waals surface area contributed by atoms with E-state index in [1.54, 1.807) is 0 Å². The molecule has 1 aliphatic rings. The largest absolute Gasteiger partial charge is 0.463 e. The minimum absolute atomic E-state index is 0.145. The van der Waals surface area contributed by atoms with E-state index in [1.807, 2.05) is 4.72 Å². The Morgan fingerprint density at radius 3 is 3.09 bits per heavy atom. The molecular formula is C15H17ClFNO4S. The van der Waals surface area contributed by atoms with Gasteiger partial charge in [0.2, 0.25) is 10.0 Å². The third-order valence-corrected chi connectivity index (χ3v) is 4.66. The van der Waals surface area contributed by atoms with E-state index in [4.69, 9.17) is 24.6 Å². The molecule has 23 heavy (non-hydrogen) atoms. The quantitative estimate of drug-likeness (QED) is 0.811. The van der Waals surface area contributed by atoms with Crippen molar-refractivity contribution in [3.05, 3.63) is 40.6 Å². The van der Waals surface area contributed by atoms with Gasteiger partial charge in [-0.05, 0) is 44.3 Å². The van der Waals surface area contributed by atoms with Crippen LogP contribution >= 0.6 is 11.6 Å². The molecule has 0 saturated carbocycles. The lowest BCUT2D eigenvalue weighted by Gasteiger charge is -2.24. The molecule has 0 bridgehead atoms. The Morgan fingerprint density at radius 2 is 2.39 bits per heavy atom. The molecule has 5 nitrogen and oxygen atoms in total. The number of nitrogens with one attached hydrogen (secondary N) is 1. The Hall–Kier alpha value is -1.60. The van der Waals surface area contributed by atoms with E-state index in [0.29, 0.717) is 6.08 Å². The molecule has 0 fully saturated rings.